The molecular formula is C22H23F5N2O. The zero-order chi connectivity index (χ0) is 21.9. The van der Waals surface area contributed by atoms with Crippen molar-refractivity contribution in [2.24, 2.45) is 5.73 Å². The molecule has 2 aliphatic rings. The second-order valence-corrected chi connectivity index (χ2v) is 7.60. The molecule has 0 saturated carbocycles. The maximum Gasteiger partial charge on any atom is 0.471 e. The van der Waals surface area contributed by atoms with E-state index < -0.39 is 23.9 Å². The molecule has 162 valence electrons. The van der Waals surface area contributed by atoms with Crippen molar-refractivity contribution in [1.82, 2.24) is 5.32 Å². The van der Waals surface area contributed by atoms with Crippen molar-refractivity contribution in [3.63, 3.8) is 0 Å². The van der Waals surface area contributed by atoms with Gasteiger partial charge in [0.25, 0.3) is 0 Å². The minimum atomic E-state index is -4.91. The molecule has 0 aliphatic heterocycles. The first kappa shape index (κ1) is 22.2. The number of aryl methyl sites for hydroxylation is 2. The van der Waals surface area contributed by atoms with Crippen LogP contribution >= 0.6 is 0 Å². The highest BCUT2D eigenvalue weighted by Crippen LogP contribution is 2.31. The number of nitrogens with two attached hydrogens (primary N) is 1. The van der Waals surface area contributed by atoms with Gasteiger partial charge in [-0.25, -0.2) is 8.78 Å². The molecule has 0 heterocycles. The van der Waals surface area contributed by atoms with Gasteiger partial charge in [0.1, 0.15) is 11.6 Å². The first-order chi connectivity index (χ1) is 14.1. The van der Waals surface area contributed by atoms with Gasteiger partial charge < -0.3 is 11.1 Å². The Kier molecular flexibility index (Phi) is 6.75. The molecule has 0 bridgehead atoms. The van der Waals surface area contributed by atoms with E-state index in [0.717, 1.165) is 30.4 Å². The van der Waals surface area contributed by atoms with Gasteiger partial charge in [0.15, 0.2) is 0 Å². The van der Waals surface area contributed by atoms with Crippen LogP contribution in [0.2, 0.25) is 0 Å². The van der Waals surface area contributed by atoms with Crippen molar-refractivity contribution in [1.29, 1.82) is 0 Å². The molecule has 0 fully saturated rings. The van der Waals surface area contributed by atoms with E-state index in [1.807, 2.05) is 11.4 Å². The fraction of sp³-hybridized carbons (Fsp3) is 0.409. The standard InChI is InChI=1S/C12H11F4NO.C10H12FN/c13-8-5-4-7-2-1-3-10(9(7)6-8)17-11(18)12(14,15)16;11-8-5-4-7-2-1-3-10(12)9(7)6-8/h4-6,10H,1-3H2,(H,17,18);4-6,10H,1-3,12H2/t2*10-/m11/s1. The lowest BCUT2D eigenvalue weighted by Gasteiger charge is -2.26. The number of carbonyl (C=O) groups is 1. The number of halogens is 5. The van der Waals surface area contributed by atoms with Crippen molar-refractivity contribution in [3.05, 3.63) is 70.3 Å². The van der Waals surface area contributed by atoms with E-state index in [-0.39, 0.29) is 11.9 Å². The average Bonchev–Trinajstić information content (AvgIpc) is 2.69. The Hall–Kier alpha value is -2.48. The summed E-state index contributed by atoms with van der Waals surface area (Å²) in [6.45, 7) is 0. The Labute approximate surface area is 171 Å². The summed E-state index contributed by atoms with van der Waals surface area (Å²) in [6.07, 6.45) is -0.0157. The molecule has 2 aliphatic carbocycles. The van der Waals surface area contributed by atoms with Crippen LogP contribution in [0.5, 0.6) is 0 Å². The number of alkyl halides is 3. The van der Waals surface area contributed by atoms with Gasteiger partial charge in [0.05, 0.1) is 6.04 Å². The van der Waals surface area contributed by atoms with Crippen LogP contribution in [-0.2, 0) is 17.6 Å². The lowest BCUT2D eigenvalue weighted by atomic mass is 9.87. The summed E-state index contributed by atoms with van der Waals surface area (Å²) in [5.74, 6) is -2.67. The van der Waals surface area contributed by atoms with E-state index in [1.54, 1.807) is 12.1 Å². The number of benzene rings is 2. The maximum absolute atomic E-state index is 13.1. The highest BCUT2D eigenvalue weighted by Gasteiger charge is 2.40. The van der Waals surface area contributed by atoms with Crippen LogP contribution in [0.1, 0.15) is 60.0 Å². The number of hydrogen-bond acceptors (Lipinski definition) is 2. The van der Waals surface area contributed by atoms with E-state index in [0.29, 0.717) is 24.8 Å². The zero-order valence-electron chi connectivity index (χ0n) is 16.2. The molecule has 0 aromatic heterocycles. The number of fused-ring (bicyclic) bond motifs is 2. The molecule has 3 N–H and O–H groups in total. The molecule has 0 radical (unpaired) electrons. The summed E-state index contributed by atoms with van der Waals surface area (Å²) in [5.41, 5.74) is 9.30. The van der Waals surface area contributed by atoms with E-state index in [4.69, 9.17) is 5.73 Å². The van der Waals surface area contributed by atoms with Gasteiger partial charge in [0.2, 0.25) is 0 Å². The van der Waals surface area contributed by atoms with Crippen molar-refractivity contribution in [3.8, 4) is 0 Å². The third-order valence-electron chi connectivity index (χ3n) is 5.45. The molecule has 0 saturated heterocycles. The van der Waals surface area contributed by atoms with Crippen LogP contribution in [0.4, 0.5) is 22.0 Å². The van der Waals surface area contributed by atoms with Gasteiger partial charge in [0, 0.05) is 6.04 Å². The Bertz CT molecular complexity index is 913. The maximum atomic E-state index is 13.1. The minimum Gasteiger partial charge on any atom is -0.341 e. The summed E-state index contributed by atoms with van der Waals surface area (Å²) in [5, 5.41) is 1.91. The first-order valence-corrected chi connectivity index (χ1v) is 9.85. The summed E-state index contributed by atoms with van der Waals surface area (Å²) in [4.78, 5) is 10.9. The van der Waals surface area contributed by atoms with E-state index in [2.05, 4.69) is 0 Å². The molecule has 0 unspecified atom stereocenters. The molecular weight excluding hydrogens is 403 g/mol. The Morgan fingerprint density at radius 1 is 0.900 bits per heavy atom. The van der Waals surface area contributed by atoms with Gasteiger partial charge >= 0.3 is 12.1 Å². The number of carbonyl (C=O) groups excluding carboxylic acids is 1. The predicted octanol–water partition coefficient (Wildman–Crippen LogP) is 5.04. The molecule has 1 amide bonds. The number of amides is 1. The monoisotopic (exact) mass is 426 g/mol. The predicted molar refractivity (Wildman–Crippen MR) is 103 cm³/mol. The summed E-state index contributed by atoms with van der Waals surface area (Å²) < 4.78 is 62.4. The quantitative estimate of drug-likeness (QED) is 0.628. The largest absolute Gasteiger partial charge is 0.471 e. The Morgan fingerprint density at radius 2 is 1.43 bits per heavy atom. The normalized spacial score (nSPS) is 20.3. The third-order valence-corrected chi connectivity index (χ3v) is 5.45. The smallest absolute Gasteiger partial charge is 0.341 e. The molecule has 2 aromatic carbocycles. The lowest BCUT2D eigenvalue weighted by Crippen LogP contribution is -2.40. The number of rotatable bonds is 1. The average molecular weight is 426 g/mol. The molecule has 30 heavy (non-hydrogen) atoms. The zero-order valence-corrected chi connectivity index (χ0v) is 16.2. The van der Waals surface area contributed by atoms with Crippen molar-refractivity contribution in [2.75, 3.05) is 0 Å². The summed E-state index contributed by atoms with van der Waals surface area (Å²) in [6, 6.07) is 8.22. The van der Waals surface area contributed by atoms with E-state index in [1.165, 1.54) is 23.8 Å². The lowest BCUT2D eigenvalue weighted by molar-refractivity contribution is -0.174. The fourth-order valence-corrected chi connectivity index (χ4v) is 3.97. The van der Waals surface area contributed by atoms with E-state index >= 15 is 0 Å². The highest BCUT2D eigenvalue weighted by atomic mass is 19.4. The molecule has 2 atom stereocenters. The van der Waals surface area contributed by atoms with Crippen LogP contribution in [0.25, 0.3) is 0 Å². The first-order valence-electron chi connectivity index (χ1n) is 9.85. The molecule has 4 rings (SSSR count). The van der Waals surface area contributed by atoms with E-state index in [9.17, 15) is 26.7 Å². The highest BCUT2D eigenvalue weighted by molar-refractivity contribution is 5.82. The Morgan fingerprint density at radius 3 is 2.03 bits per heavy atom. The second kappa shape index (κ2) is 9.12. The van der Waals surface area contributed by atoms with Crippen molar-refractivity contribution in [2.45, 2.75) is 56.8 Å². The van der Waals surface area contributed by atoms with Gasteiger partial charge in [-0.15, -0.1) is 0 Å². The molecule has 3 nitrogen and oxygen atoms in total. The van der Waals surface area contributed by atoms with Crippen LogP contribution in [0.15, 0.2) is 36.4 Å². The van der Waals surface area contributed by atoms with Crippen LogP contribution in [0, 0.1) is 11.6 Å². The third kappa shape index (κ3) is 5.36. The van der Waals surface area contributed by atoms with Gasteiger partial charge in [-0.05, 0) is 85.0 Å². The van der Waals surface area contributed by atoms with Crippen LogP contribution < -0.4 is 11.1 Å². The molecule has 0 spiro atoms. The van der Waals surface area contributed by atoms with Crippen molar-refractivity contribution >= 4 is 5.91 Å². The summed E-state index contributed by atoms with van der Waals surface area (Å²) in [7, 11) is 0. The minimum absolute atomic E-state index is 0.0458. The van der Waals surface area contributed by atoms with Gasteiger partial charge in [-0.2, -0.15) is 13.2 Å². The summed E-state index contributed by atoms with van der Waals surface area (Å²) >= 11 is 0. The van der Waals surface area contributed by atoms with Crippen molar-refractivity contribution < 1.29 is 26.7 Å². The SMILES string of the molecule is N[C@@H]1CCCc2ccc(F)cc21.O=C(N[C@@H]1CCCc2ccc(F)cc21)C(F)(F)F. The van der Waals surface area contributed by atoms with Crippen LogP contribution in [-0.4, -0.2) is 12.1 Å². The fourth-order valence-electron chi connectivity index (χ4n) is 3.97. The molecule has 8 heteroatoms. The van der Waals surface area contributed by atoms with Crippen LogP contribution in [0.3, 0.4) is 0 Å². The topological polar surface area (TPSA) is 55.1 Å². The Balaban J connectivity index is 0.000000184. The number of nitrogens with one attached hydrogen (secondary N) is 1. The molecule has 2 aromatic rings. The number of hydrogen-bond donors (Lipinski definition) is 2. The van der Waals surface area contributed by atoms with Gasteiger partial charge in [-0.3, -0.25) is 4.79 Å². The van der Waals surface area contributed by atoms with Gasteiger partial charge in [-0.1, -0.05) is 12.1 Å². The second-order valence-electron chi connectivity index (χ2n) is 7.60.